The molecule has 0 aliphatic rings. The number of hydrogen-bond donors (Lipinski definition) is 3. The number of Topliss-reactive ketones (excluding diaryl/α,β-unsaturated/α-hetero) is 1. The van der Waals surface area contributed by atoms with Crippen molar-refractivity contribution in [1.29, 1.82) is 0 Å². The van der Waals surface area contributed by atoms with E-state index >= 15 is 0 Å². The number of amides is 3. The van der Waals surface area contributed by atoms with E-state index in [1.54, 1.807) is 31.3 Å². The van der Waals surface area contributed by atoms with Crippen LogP contribution in [-0.2, 0) is 38.6 Å². The number of benzene rings is 2. The van der Waals surface area contributed by atoms with E-state index in [9.17, 15) is 19.2 Å². The summed E-state index contributed by atoms with van der Waals surface area (Å²) >= 11 is 0. The van der Waals surface area contributed by atoms with E-state index in [4.69, 9.17) is 0 Å². The van der Waals surface area contributed by atoms with Gasteiger partial charge in [-0.1, -0.05) is 66.7 Å². The Morgan fingerprint density at radius 1 is 0.806 bits per heavy atom. The zero-order valence-corrected chi connectivity index (χ0v) is 20.1. The lowest BCUT2D eigenvalue weighted by molar-refractivity contribution is -0.140. The second kappa shape index (κ2) is 13.5. The fourth-order valence-electron chi connectivity index (χ4n) is 3.56. The number of aryl methyl sites for hydroxylation is 1. The number of rotatable bonds is 12. The van der Waals surface area contributed by atoms with Gasteiger partial charge in [-0.05, 0) is 36.6 Å². The summed E-state index contributed by atoms with van der Waals surface area (Å²) in [6, 6.07) is 22.0. The molecule has 0 fully saturated rings. The molecule has 186 valence electrons. The zero-order valence-electron chi connectivity index (χ0n) is 20.1. The Kier molecular flexibility index (Phi) is 9.88. The molecular weight excluding hydrogens is 456 g/mol. The molecule has 0 aliphatic carbocycles. The number of carbonyl (C=O) groups excluding carboxylic acids is 4. The fraction of sp³-hybridized carbons (Fsp3) is 0.250. The summed E-state index contributed by atoms with van der Waals surface area (Å²) in [7, 11) is 0. The molecule has 2 atom stereocenters. The first-order chi connectivity index (χ1) is 17.4. The number of nitrogens with one attached hydrogen (secondary N) is 3. The van der Waals surface area contributed by atoms with Gasteiger partial charge in [-0.3, -0.25) is 24.2 Å². The second-order valence-electron chi connectivity index (χ2n) is 8.39. The maximum absolute atomic E-state index is 13.0. The SMILES string of the molecule is C[C@@H](NC(=O)CCc1ccccc1)C(=O)N[C@H](Cc1ccccc1)C(=O)C(=O)NCc1ccccn1. The van der Waals surface area contributed by atoms with Crippen molar-refractivity contribution in [2.75, 3.05) is 0 Å². The Morgan fingerprint density at radius 2 is 1.44 bits per heavy atom. The van der Waals surface area contributed by atoms with Crippen LogP contribution in [0.3, 0.4) is 0 Å². The van der Waals surface area contributed by atoms with Gasteiger partial charge in [0.05, 0.1) is 12.2 Å². The summed E-state index contributed by atoms with van der Waals surface area (Å²) in [5, 5.41) is 7.87. The van der Waals surface area contributed by atoms with E-state index in [0.29, 0.717) is 12.1 Å². The Labute approximate surface area is 210 Å². The lowest BCUT2D eigenvalue weighted by Crippen LogP contribution is -2.53. The molecule has 0 radical (unpaired) electrons. The number of nitrogens with zero attached hydrogens (tertiary/aromatic N) is 1. The summed E-state index contributed by atoms with van der Waals surface area (Å²) in [6.07, 6.45) is 2.50. The van der Waals surface area contributed by atoms with Crippen molar-refractivity contribution < 1.29 is 19.2 Å². The average Bonchev–Trinajstić information content (AvgIpc) is 2.91. The van der Waals surface area contributed by atoms with Gasteiger partial charge >= 0.3 is 0 Å². The van der Waals surface area contributed by atoms with E-state index in [1.165, 1.54) is 0 Å². The van der Waals surface area contributed by atoms with Crippen LogP contribution in [0.5, 0.6) is 0 Å². The van der Waals surface area contributed by atoms with Crippen molar-refractivity contribution >= 4 is 23.5 Å². The number of aromatic nitrogens is 1. The summed E-state index contributed by atoms with van der Waals surface area (Å²) in [6.45, 7) is 1.63. The summed E-state index contributed by atoms with van der Waals surface area (Å²) in [5.41, 5.74) is 2.41. The van der Waals surface area contributed by atoms with E-state index in [-0.39, 0.29) is 25.3 Å². The number of hydrogen-bond acceptors (Lipinski definition) is 5. The van der Waals surface area contributed by atoms with Gasteiger partial charge in [0.25, 0.3) is 5.91 Å². The molecule has 3 N–H and O–H groups in total. The molecule has 2 aromatic carbocycles. The molecule has 3 aromatic rings. The first-order valence-electron chi connectivity index (χ1n) is 11.8. The first-order valence-corrected chi connectivity index (χ1v) is 11.8. The third-order valence-corrected chi connectivity index (χ3v) is 5.55. The molecular formula is C28H30N4O4. The smallest absolute Gasteiger partial charge is 0.289 e. The molecule has 3 amide bonds. The summed E-state index contributed by atoms with van der Waals surface area (Å²) in [4.78, 5) is 54.9. The number of pyridine rings is 1. The molecule has 8 nitrogen and oxygen atoms in total. The standard InChI is InChI=1S/C28H30N4O4/c1-20(31-25(33)16-15-21-10-4-2-5-11-21)27(35)32-24(18-22-12-6-3-7-13-22)26(34)28(36)30-19-23-14-8-9-17-29-23/h2-14,17,20,24H,15-16,18-19H2,1H3,(H,30,36)(H,31,33)(H,32,35)/t20-,24-/m1/s1. The Bertz CT molecular complexity index is 1150. The topological polar surface area (TPSA) is 117 Å². The van der Waals surface area contributed by atoms with Gasteiger partial charge in [0.2, 0.25) is 17.6 Å². The maximum Gasteiger partial charge on any atom is 0.289 e. The minimum Gasteiger partial charge on any atom is -0.345 e. The van der Waals surface area contributed by atoms with Gasteiger partial charge in [0.15, 0.2) is 0 Å². The minimum atomic E-state index is -1.09. The van der Waals surface area contributed by atoms with Gasteiger partial charge in [-0.15, -0.1) is 0 Å². The predicted molar refractivity (Wildman–Crippen MR) is 136 cm³/mol. The Hall–Kier alpha value is -4.33. The number of ketones is 1. The lowest BCUT2D eigenvalue weighted by Gasteiger charge is -2.21. The van der Waals surface area contributed by atoms with Crippen molar-refractivity contribution in [1.82, 2.24) is 20.9 Å². The van der Waals surface area contributed by atoms with Crippen molar-refractivity contribution in [3.63, 3.8) is 0 Å². The first kappa shape index (κ1) is 26.3. The highest BCUT2D eigenvalue weighted by Gasteiger charge is 2.29. The Morgan fingerprint density at radius 3 is 2.08 bits per heavy atom. The quantitative estimate of drug-likeness (QED) is 0.339. The molecule has 36 heavy (non-hydrogen) atoms. The summed E-state index contributed by atoms with van der Waals surface area (Å²) in [5.74, 6) is -2.41. The van der Waals surface area contributed by atoms with Crippen LogP contribution in [0.4, 0.5) is 0 Å². The lowest BCUT2D eigenvalue weighted by atomic mass is 10.0. The monoisotopic (exact) mass is 486 g/mol. The zero-order chi connectivity index (χ0) is 25.8. The number of carbonyl (C=O) groups is 4. The predicted octanol–water partition coefficient (Wildman–Crippen LogP) is 2.13. The van der Waals surface area contributed by atoms with Gasteiger partial charge in [-0.25, -0.2) is 0 Å². The average molecular weight is 487 g/mol. The van der Waals surface area contributed by atoms with Gasteiger partial charge in [-0.2, -0.15) is 0 Å². The third-order valence-electron chi connectivity index (χ3n) is 5.55. The van der Waals surface area contributed by atoms with Crippen molar-refractivity contribution in [2.45, 2.75) is 44.8 Å². The van der Waals surface area contributed by atoms with Gasteiger partial charge < -0.3 is 16.0 Å². The van der Waals surface area contributed by atoms with Crippen molar-refractivity contribution in [2.24, 2.45) is 0 Å². The minimum absolute atomic E-state index is 0.0886. The highest BCUT2D eigenvalue weighted by atomic mass is 16.2. The highest BCUT2D eigenvalue weighted by Crippen LogP contribution is 2.06. The molecule has 0 unspecified atom stereocenters. The van der Waals surface area contributed by atoms with E-state index < -0.39 is 29.7 Å². The van der Waals surface area contributed by atoms with Crippen molar-refractivity contribution in [3.8, 4) is 0 Å². The third kappa shape index (κ3) is 8.47. The molecule has 1 aromatic heterocycles. The van der Waals surface area contributed by atoms with E-state index in [2.05, 4.69) is 20.9 Å². The van der Waals surface area contributed by atoms with Crippen LogP contribution in [0.1, 0.15) is 30.2 Å². The van der Waals surface area contributed by atoms with Crippen LogP contribution >= 0.6 is 0 Å². The molecule has 1 heterocycles. The van der Waals surface area contributed by atoms with Crippen LogP contribution in [-0.4, -0.2) is 40.6 Å². The summed E-state index contributed by atoms with van der Waals surface area (Å²) < 4.78 is 0. The Balaban J connectivity index is 1.59. The van der Waals surface area contributed by atoms with Crippen LogP contribution in [0.2, 0.25) is 0 Å². The molecule has 8 heteroatoms. The van der Waals surface area contributed by atoms with Crippen LogP contribution < -0.4 is 16.0 Å². The van der Waals surface area contributed by atoms with Crippen LogP contribution in [0.15, 0.2) is 85.1 Å². The van der Waals surface area contributed by atoms with Crippen molar-refractivity contribution in [3.05, 3.63) is 102 Å². The molecule has 0 aliphatic heterocycles. The largest absolute Gasteiger partial charge is 0.345 e. The molecule has 0 saturated heterocycles. The van der Waals surface area contributed by atoms with E-state index in [0.717, 1.165) is 11.1 Å². The molecule has 0 saturated carbocycles. The normalized spacial score (nSPS) is 12.1. The molecule has 0 bridgehead atoms. The maximum atomic E-state index is 13.0. The van der Waals surface area contributed by atoms with Gasteiger partial charge in [0.1, 0.15) is 12.1 Å². The van der Waals surface area contributed by atoms with E-state index in [1.807, 2.05) is 60.7 Å². The second-order valence-corrected chi connectivity index (χ2v) is 8.39. The molecule has 3 rings (SSSR count). The fourth-order valence-corrected chi connectivity index (χ4v) is 3.56. The molecule has 0 spiro atoms. The van der Waals surface area contributed by atoms with Crippen LogP contribution in [0.25, 0.3) is 0 Å². The highest BCUT2D eigenvalue weighted by molar-refractivity contribution is 6.38. The van der Waals surface area contributed by atoms with Gasteiger partial charge in [0, 0.05) is 19.0 Å². The van der Waals surface area contributed by atoms with Crippen LogP contribution in [0, 0.1) is 0 Å².